The van der Waals surface area contributed by atoms with Gasteiger partial charge in [0.25, 0.3) is 11.6 Å². The highest BCUT2D eigenvalue weighted by molar-refractivity contribution is 8.18. The highest BCUT2D eigenvalue weighted by atomic mass is 35.5. The Kier molecular flexibility index (Phi) is 6.43. The van der Waals surface area contributed by atoms with Gasteiger partial charge < -0.3 is 4.42 Å². The van der Waals surface area contributed by atoms with Crippen LogP contribution < -0.4 is 0 Å². The van der Waals surface area contributed by atoms with Gasteiger partial charge in [-0.05, 0) is 48.5 Å². The highest BCUT2D eigenvalue weighted by Gasteiger charge is 2.33. The standard InChI is InChI=1S/C23H17ClN4O4S/c1-3-10-27-22(29)21(33-23(27)26-18-8-9-25-13-17(18)24)12-15-5-7-20(32-15)16-6-4-14(2)11-19(16)28(30)31/h3-9,11-13H,1,10H2,2H3/b21-12+,26-23?. The third-order valence-electron chi connectivity index (χ3n) is 4.68. The van der Waals surface area contributed by atoms with Crippen molar-refractivity contribution in [1.82, 2.24) is 9.88 Å². The first kappa shape index (κ1) is 22.5. The summed E-state index contributed by atoms with van der Waals surface area (Å²) in [5.41, 5.74) is 1.58. The Morgan fingerprint density at radius 1 is 1.33 bits per heavy atom. The number of aryl methyl sites for hydroxylation is 1. The normalized spacial score (nSPS) is 16.1. The van der Waals surface area contributed by atoms with E-state index in [-0.39, 0.29) is 18.1 Å². The quantitative estimate of drug-likeness (QED) is 0.185. The number of hydrogen-bond acceptors (Lipinski definition) is 7. The molecule has 0 spiro atoms. The van der Waals surface area contributed by atoms with Gasteiger partial charge in [0.15, 0.2) is 5.17 Å². The molecule has 1 amide bonds. The predicted octanol–water partition coefficient (Wildman–Crippen LogP) is 6.00. The molecule has 4 rings (SSSR count). The Balaban J connectivity index is 1.67. The van der Waals surface area contributed by atoms with Crippen LogP contribution in [0.25, 0.3) is 17.4 Å². The fourth-order valence-electron chi connectivity index (χ4n) is 3.15. The molecule has 0 radical (unpaired) electrons. The van der Waals surface area contributed by atoms with E-state index in [1.54, 1.807) is 55.6 Å². The lowest BCUT2D eigenvalue weighted by atomic mass is 10.1. The number of nitrogens with zero attached hydrogens (tertiary/aromatic N) is 4. The molecule has 3 heterocycles. The van der Waals surface area contributed by atoms with Crippen molar-refractivity contribution in [2.75, 3.05) is 6.54 Å². The summed E-state index contributed by atoms with van der Waals surface area (Å²) in [6.07, 6.45) is 6.23. The maximum Gasteiger partial charge on any atom is 0.280 e. The highest BCUT2D eigenvalue weighted by Crippen LogP contribution is 2.37. The zero-order valence-electron chi connectivity index (χ0n) is 17.4. The number of thioether (sulfide) groups is 1. The molecule has 1 fully saturated rings. The minimum atomic E-state index is -0.445. The van der Waals surface area contributed by atoms with Crippen molar-refractivity contribution < 1.29 is 14.1 Å². The summed E-state index contributed by atoms with van der Waals surface area (Å²) in [7, 11) is 0. The summed E-state index contributed by atoms with van der Waals surface area (Å²) >= 11 is 7.33. The number of carbonyl (C=O) groups is 1. The van der Waals surface area contributed by atoms with E-state index >= 15 is 0 Å². The molecule has 0 atom stereocenters. The van der Waals surface area contributed by atoms with Crippen molar-refractivity contribution in [2.24, 2.45) is 4.99 Å². The van der Waals surface area contributed by atoms with Crippen LogP contribution in [0.2, 0.25) is 5.02 Å². The average Bonchev–Trinajstić information content (AvgIpc) is 3.36. The van der Waals surface area contributed by atoms with Gasteiger partial charge in [-0.1, -0.05) is 23.7 Å². The molecular formula is C23H17ClN4O4S. The smallest absolute Gasteiger partial charge is 0.280 e. The van der Waals surface area contributed by atoms with Crippen molar-refractivity contribution in [2.45, 2.75) is 6.92 Å². The second-order valence-electron chi connectivity index (χ2n) is 7.02. The van der Waals surface area contributed by atoms with E-state index in [0.29, 0.717) is 37.9 Å². The maximum atomic E-state index is 13.0. The van der Waals surface area contributed by atoms with Crippen LogP contribution >= 0.6 is 23.4 Å². The number of carbonyl (C=O) groups excluding carboxylic acids is 1. The molecule has 2 aromatic heterocycles. The summed E-state index contributed by atoms with van der Waals surface area (Å²) < 4.78 is 5.82. The van der Waals surface area contributed by atoms with Gasteiger partial charge in [0.1, 0.15) is 11.5 Å². The molecule has 8 nitrogen and oxygen atoms in total. The van der Waals surface area contributed by atoms with Crippen LogP contribution in [0.15, 0.2) is 75.8 Å². The van der Waals surface area contributed by atoms with Crippen LogP contribution in [0.4, 0.5) is 11.4 Å². The molecular weight excluding hydrogens is 464 g/mol. The first-order chi connectivity index (χ1) is 15.9. The number of nitro benzene ring substituents is 1. The summed E-state index contributed by atoms with van der Waals surface area (Å²) in [5, 5.41) is 12.3. The lowest BCUT2D eigenvalue weighted by Crippen LogP contribution is -2.29. The van der Waals surface area contributed by atoms with Crippen molar-refractivity contribution in [3.8, 4) is 11.3 Å². The molecule has 33 heavy (non-hydrogen) atoms. The Hall–Kier alpha value is -3.69. The molecule has 1 aliphatic rings. The number of aromatic nitrogens is 1. The van der Waals surface area contributed by atoms with Gasteiger partial charge >= 0.3 is 0 Å². The van der Waals surface area contributed by atoms with Gasteiger partial charge in [0.05, 0.1) is 26.1 Å². The molecule has 166 valence electrons. The largest absolute Gasteiger partial charge is 0.456 e. The Bertz CT molecular complexity index is 1330. The monoisotopic (exact) mass is 480 g/mol. The van der Waals surface area contributed by atoms with Gasteiger partial charge in [0, 0.05) is 31.1 Å². The summed E-state index contributed by atoms with van der Waals surface area (Å²) in [5.74, 6) is 0.463. The fourth-order valence-corrected chi connectivity index (χ4v) is 4.29. The number of amides is 1. The summed E-state index contributed by atoms with van der Waals surface area (Å²) in [6, 6.07) is 9.87. The van der Waals surface area contributed by atoms with Gasteiger partial charge in [-0.3, -0.25) is 24.8 Å². The number of pyridine rings is 1. The van der Waals surface area contributed by atoms with E-state index in [0.717, 1.165) is 5.56 Å². The summed E-state index contributed by atoms with van der Waals surface area (Å²) in [6.45, 7) is 5.76. The summed E-state index contributed by atoms with van der Waals surface area (Å²) in [4.78, 5) is 34.3. The molecule has 3 aromatic rings. The van der Waals surface area contributed by atoms with Crippen molar-refractivity contribution in [3.63, 3.8) is 0 Å². The average molecular weight is 481 g/mol. The first-order valence-electron chi connectivity index (χ1n) is 9.73. The lowest BCUT2D eigenvalue weighted by Gasteiger charge is -2.12. The zero-order chi connectivity index (χ0) is 23.5. The minimum Gasteiger partial charge on any atom is -0.456 e. The maximum absolute atomic E-state index is 13.0. The number of benzene rings is 1. The zero-order valence-corrected chi connectivity index (χ0v) is 19.0. The van der Waals surface area contributed by atoms with Crippen LogP contribution in [-0.4, -0.2) is 32.4 Å². The molecule has 0 unspecified atom stereocenters. The first-order valence-corrected chi connectivity index (χ1v) is 10.9. The van der Waals surface area contributed by atoms with E-state index < -0.39 is 4.92 Å². The van der Waals surface area contributed by atoms with E-state index in [9.17, 15) is 14.9 Å². The topological polar surface area (TPSA) is 102 Å². The van der Waals surface area contributed by atoms with Gasteiger partial charge in [-0.15, -0.1) is 6.58 Å². The number of furan rings is 1. The van der Waals surface area contributed by atoms with Gasteiger partial charge in [-0.2, -0.15) is 0 Å². The second kappa shape index (κ2) is 9.43. The SMILES string of the molecule is C=CCN1C(=O)/C(=C\c2ccc(-c3ccc(C)cc3[N+](=O)[O-])o2)SC1=Nc1ccncc1Cl. The van der Waals surface area contributed by atoms with Crippen LogP contribution in [0.1, 0.15) is 11.3 Å². The number of halogens is 1. The fraction of sp³-hybridized carbons (Fsp3) is 0.0870. The van der Waals surface area contributed by atoms with E-state index in [4.69, 9.17) is 16.0 Å². The molecule has 0 saturated carbocycles. The number of nitro groups is 1. The number of hydrogen-bond donors (Lipinski definition) is 0. The molecule has 1 saturated heterocycles. The van der Waals surface area contributed by atoms with Gasteiger partial charge in [-0.25, -0.2) is 4.99 Å². The third-order valence-corrected chi connectivity index (χ3v) is 5.98. The Morgan fingerprint density at radius 3 is 2.88 bits per heavy atom. The Morgan fingerprint density at radius 2 is 2.15 bits per heavy atom. The molecule has 1 aliphatic heterocycles. The molecule has 1 aromatic carbocycles. The van der Waals surface area contributed by atoms with Crippen LogP contribution in [0, 0.1) is 17.0 Å². The molecule has 10 heteroatoms. The van der Waals surface area contributed by atoms with E-state index in [2.05, 4.69) is 16.6 Å². The Labute approximate surface area is 198 Å². The minimum absolute atomic E-state index is 0.0457. The van der Waals surface area contributed by atoms with E-state index in [1.165, 1.54) is 28.9 Å². The lowest BCUT2D eigenvalue weighted by molar-refractivity contribution is -0.384. The number of aliphatic imine (C=N–C) groups is 1. The van der Waals surface area contributed by atoms with Crippen LogP contribution in [-0.2, 0) is 4.79 Å². The molecule has 0 N–H and O–H groups in total. The van der Waals surface area contributed by atoms with Crippen LogP contribution in [0.3, 0.4) is 0 Å². The van der Waals surface area contributed by atoms with E-state index in [1.807, 2.05) is 0 Å². The van der Waals surface area contributed by atoms with Crippen molar-refractivity contribution in [3.05, 3.63) is 92.8 Å². The van der Waals surface area contributed by atoms with Crippen LogP contribution in [0.5, 0.6) is 0 Å². The van der Waals surface area contributed by atoms with Crippen molar-refractivity contribution >= 4 is 51.9 Å². The van der Waals surface area contributed by atoms with Gasteiger partial charge in [0.2, 0.25) is 0 Å². The number of rotatable bonds is 6. The molecule has 0 bridgehead atoms. The predicted molar refractivity (Wildman–Crippen MR) is 129 cm³/mol. The second-order valence-corrected chi connectivity index (χ2v) is 8.43. The molecule has 0 aliphatic carbocycles. The third kappa shape index (κ3) is 4.74. The van der Waals surface area contributed by atoms with Crippen molar-refractivity contribution in [1.29, 1.82) is 0 Å². The number of amidine groups is 1.